The van der Waals surface area contributed by atoms with E-state index in [4.69, 9.17) is 9.47 Å². The van der Waals surface area contributed by atoms with Gasteiger partial charge in [-0.1, -0.05) is 54.6 Å². The molecule has 3 rings (SSSR count). The summed E-state index contributed by atoms with van der Waals surface area (Å²) in [7, 11) is 3.44. The summed E-state index contributed by atoms with van der Waals surface area (Å²) >= 11 is 0. The summed E-state index contributed by atoms with van der Waals surface area (Å²) in [5.74, 6) is 1.88. The Hall–Kier alpha value is -2.74. The van der Waals surface area contributed by atoms with E-state index in [1.165, 1.54) is 22.3 Å². The molecule has 2 nitrogen and oxygen atoms in total. The van der Waals surface area contributed by atoms with Crippen LogP contribution in [0.5, 0.6) is 11.5 Å². The predicted octanol–water partition coefficient (Wildman–Crippen LogP) is 5.16. The van der Waals surface area contributed by atoms with Crippen molar-refractivity contribution in [2.24, 2.45) is 0 Å². The topological polar surface area (TPSA) is 18.5 Å². The zero-order valence-electron chi connectivity index (χ0n) is 14.2. The van der Waals surface area contributed by atoms with E-state index in [0.29, 0.717) is 0 Å². The first-order valence-corrected chi connectivity index (χ1v) is 8.16. The molecule has 0 radical (unpaired) electrons. The van der Waals surface area contributed by atoms with Crippen LogP contribution in [0.1, 0.15) is 11.1 Å². The molecule has 0 atom stereocenters. The van der Waals surface area contributed by atoms with Crippen LogP contribution in [0.25, 0.3) is 11.1 Å². The number of ether oxygens (including phenoxy) is 2. The second-order valence-corrected chi connectivity index (χ2v) is 5.70. The molecule has 0 saturated heterocycles. The molecule has 0 bridgehead atoms. The summed E-state index contributed by atoms with van der Waals surface area (Å²) in [4.78, 5) is 0. The lowest BCUT2D eigenvalue weighted by Crippen LogP contribution is -1.98. The van der Waals surface area contributed by atoms with Gasteiger partial charge in [0.1, 0.15) is 11.5 Å². The third-order valence-electron chi connectivity index (χ3n) is 4.24. The molecule has 0 aliphatic carbocycles. The minimum Gasteiger partial charge on any atom is -0.496 e. The molecule has 0 saturated carbocycles. The van der Waals surface area contributed by atoms with Gasteiger partial charge < -0.3 is 9.47 Å². The van der Waals surface area contributed by atoms with E-state index in [9.17, 15) is 0 Å². The van der Waals surface area contributed by atoms with Crippen molar-refractivity contribution in [3.05, 3.63) is 83.9 Å². The minimum atomic E-state index is 0.907. The SMILES string of the molecule is COc1ccccc1CCc1cc(-c2ccccc2)ccc1OC. The molecule has 122 valence electrons. The Balaban J connectivity index is 1.86. The average molecular weight is 318 g/mol. The van der Waals surface area contributed by atoms with E-state index in [1.54, 1.807) is 14.2 Å². The number of benzene rings is 3. The number of hydrogen-bond acceptors (Lipinski definition) is 2. The van der Waals surface area contributed by atoms with Crippen molar-refractivity contribution in [2.75, 3.05) is 14.2 Å². The first-order valence-electron chi connectivity index (χ1n) is 8.16. The zero-order valence-corrected chi connectivity index (χ0v) is 14.2. The normalized spacial score (nSPS) is 10.4. The Morgan fingerprint density at radius 1 is 0.583 bits per heavy atom. The van der Waals surface area contributed by atoms with Gasteiger partial charge in [-0.15, -0.1) is 0 Å². The van der Waals surface area contributed by atoms with Crippen LogP contribution in [0, 0.1) is 0 Å². The van der Waals surface area contributed by atoms with E-state index < -0.39 is 0 Å². The van der Waals surface area contributed by atoms with Crippen LogP contribution in [-0.2, 0) is 12.8 Å². The van der Waals surface area contributed by atoms with Gasteiger partial charge in [-0.05, 0) is 53.3 Å². The molecule has 0 aliphatic heterocycles. The summed E-state index contributed by atoms with van der Waals surface area (Å²) < 4.78 is 11.0. The van der Waals surface area contributed by atoms with E-state index in [-0.39, 0.29) is 0 Å². The van der Waals surface area contributed by atoms with Crippen molar-refractivity contribution in [2.45, 2.75) is 12.8 Å². The Labute approximate surface area is 143 Å². The van der Waals surface area contributed by atoms with E-state index in [1.807, 2.05) is 18.2 Å². The molecule has 0 N–H and O–H groups in total. The number of methoxy groups -OCH3 is 2. The lowest BCUT2D eigenvalue weighted by molar-refractivity contribution is 0.406. The fraction of sp³-hybridized carbons (Fsp3) is 0.182. The van der Waals surface area contributed by atoms with Gasteiger partial charge in [0.15, 0.2) is 0 Å². The Kier molecular flexibility index (Phi) is 5.17. The highest BCUT2D eigenvalue weighted by molar-refractivity contribution is 5.65. The van der Waals surface area contributed by atoms with Crippen LogP contribution in [0.15, 0.2) is 72.8 Å². The van der Waals surface area contributed by atoms with Gasteiger partial charge in [-0.2, -0.15) is 0 Å². The van der Waals surface area contributed by atoms with Gasteiger partial charge in [0.2, 0.25) is 0 Å². The highest BCUT2D eigenvalue weighted by Gasteiger charge is 2.08. The van der Waals surface area contributed by atoms with E-state index in [0.717, 1.165) is 24.3 Å². The molecule has 3 aromatic rings. The minimum absolute atomic E-state index is 0.907. The van der Waals surface area contributed by atoms with Crippen molar-refractivity contribution >= 4 is 0 Å². The van der Waals surface area contributed by atoms with E-state index in [2.05, 4.69) is 54.6 Å². The molecule has 0 unspecified atom stereocenters. The lowest BCUT2D eigenvalue weighted by atomic mass is 9.98. The molecule has 0 spiro atoms. The fourth-order valence-electron chi connectivity index (χ4n) is 2.96. The van der Waals surface area contributed by atoms with Gasteiger partial charge in [0.05, 0.1) is 14.2 Å². The van der Waals surface area contributed by atoms with E-state index >= 15 is 0 Å². The van der Waals surface area contributed by atoms with Crippen LogP contribution >= 0.6 is 0 Å². The maximum atomic E-state index is 5.55. The summed E-state index contributed by atoms with van der Waals surface area (Å²) in [6, 6.07) is 25.0. The number of para-hydroxylation sites is 1. The van der Waals surface area contributed by atoms with Gasteiger partial charge >= 0.3 is 0 Å². The maximum absolute atomic E-state index is 5.55. The molecular weight excluding hydrogens is 296 g/mol. The smallest absolute Gasteiger partial charge is 0.122 e. The van der Waals surface area contributed by atoms with Gasteiger partial charge in [-0.25, -0.2) is 0 Å². The Morgan fingerprint density at radius 2 is 1.21 bits per heavy atom. The van der Waals surface area contributed by atoms with Gasteiger partial charge in [0.25, 0.3) is 0 Å². The molecular formula is C22H22O2. The number of rotatable bonds is 6. The third kappa shape index (κ3) is 3.60. The largest absolute Gasteiger partial charge is 0.496 e. The second kappa shape index (κ2) is 7.69. The van der Waals surface area contributed by atoms with Crippen LogP contribution in [0.4, 0.5) is 0 Å². The molecule has 0 aliphatic rings. The van der Waals surface area contributed by atoms with Gasteiger partial charge in [-0.3, -0.25) is 0 Å². The standard InChI is InChI=1S/C22H22O2/c1-23-21-11-7-6-10-18(21)12-13-20-16-19(14-15-22(20)24-2)17-8-4-3-5-9-17/h3-11,14-16H,12-13H2,1-2H3. The van der Waals surface area contributed by atoms with Crippen LogP contribution in [0.3, 0.4) is 0 Å². The molecule has 0 amide bonds. The molecule has 3 aromatic carbocycles. The van der Waals surface area contributed by atoms with Crippen molar-refractivity contribution in [1.29, 1.82) is 0 Å². The second-order valence-electron chi connectivity index (χ2n) is 5.70. The number of hydrogen-bond donors (Lipinski definition) is 0. The summed E-state index contributed by atoms with van der Waals surface area (Å²) in [5.41, 5.74) is 4.86. The van der Waals surface area contributed by atoms with Crippen LogP contribution < -0.4 is 9.47 Å². The highest BCUT2D eigenvalue weighted by atomic mass is 16.5. The summed E-state index contributed by atoms with van der Waals surface area (Å²) in [5, 5.41) is 0. The summed E-state index contributed by atoms with van der Waals surface area (Å²) in [6.45, 7) is 0. The predicted molar refractivity (Wildman–Crippen MR) is 98.8 cm³/mol. The van der Waals surface area contributed by atoms with Crippen molar-refractivity contribution in [3.63, 3.8) is 0 Å². The third-order valence-corrected chi connectivity index (χ3v) is 4.24. The first kappa shape index (κ1) is 16.1. The average Bonchev–Trinajstić information content (AvgIpc) is 2.67. The van der Waals surface area contributed by atoms with Gasteiger partial charge in [0, 0.05) is 0 Å². The quantitative estimate of drug-likeness (QED) is 0.625. The lowest BCUT2D eigenvalue weighted by Gasteiger charge is -2.12. The Bertz CT molecular complexity index is 794. The highest BCUT2D eigenvalue weighted by Crippen LogP contribution is 2.28. The van der Waals surface area contributed by atoms with Crippen LogP contribution in [-0.4, -0.2) is 14.2 Å². The molecule has 0 fully saturated rings. The molecule has 24 heavy (non-hydrogen) atoms. The number of aryl methyl sites for hydroxylation is 2. The maximum Gasteiger partial charge on any atom is 0.122 e. The van der Waals surface area contributed by atoms with Crippen molar-refractivity contribution < 1.29 is 9.47 Å². The Morgan fingerprint density at radius 3 is 1.96 bits per heavy atom. The zero-order chi connectivity index (χ0) is 16.8. The molecule has 0 heterocycles. The molecule has 0 aromatic heterocycles. The monoisotopic (exact) mass is 318 g/mol. The van der Waals surface area contributed by atoms with Crippen molar-refractivity contribution in [3.8, 4) is 22.6 Å². The fourth-order valence-corrected chi connectivity index (χ4v) is 2.96. The first-order chi connectivity index (χ1) is 11.8. The van der Waals surface area contributed by atoms with Crippen molar-refractivity contribution in [1.82, 2.24) is 0 Å². The van der Waals surface area contributed by atoms with Crippen LogP contribution in [0.2, 0.25) is 0 Å². The summed E-state index contributed by atoms with van der Waals surface area (Å²) in [6.07, 6.45) is 1.82. The molecule has 2 heteroatoms.